The lowest BCUT2D eigenvalue weighted by atomic mass is 9.97. The molecule has 2 atom stereocenters. The number of ether oxygens (including phenoxy) is 2. The van der Waals surface area contributed by atoms with Gasteiger partial charge in [0.15, 0.2) is 0 Å². The summed E-state index contributed by atoms with van der Waals surface area (Å²) in [6.45, 7) is 0.537. The van der Waals surface area contributed by atoms with Crippen LogP contribution in [0.4, 0.5) is 0 Å². The van der Waals surface area contributed by atoms with Gasteiger partial charge in [0.05, 0.1) is 12.2 Å². The minimum atomic E-state index is 0.415. The van der Waals surface area contributed by atoms with Crippen LogP contribution in [0, 0.1) is 0 Å². The van der Waals surface area contributed by atoms with Crippen LogP contribution in [0.5, 0.6) is 0 Å². The summed E-state index contributed by atoms with van der Waals surface area (Å²) < 4.78 is 11.1. The van der Waals surface area contributed by atoms with Crippen molar-refractivity contribution in [2.24, 2.45) is 0 Å². The lowest BCUT2D eigenvalue weighted by Gasteiger charge is -2.18. The van der Waals surface area contributed by atoms with Crippen molar-refractivity contribution in [2.75, 3.05) is 6.79 Å². The molecule has 2 fully saturated rings. The van der Waals surface area contributed by atoms with Gasteiger partial charge in [-0.15, -0.1) is 0 Å². The van der Waals surface area contributed by atoms with Crippen LogP contribution >= 0.6 is 0 Å². The largest absolute Gasteiger partial charge is 0.349 e. The van der Waals surface area contributed by atoms with Gasteiger partial charge >= 0.3 is 0 Å². The quantitative estimate of drug-likeness (QED) is 0.576. The lowest BCUT2D eigenvalue weighted by Crippen LogP contribution is -2.22. The Kier molecular flexibility index (Phi) is 3.62. The summed E-state index contributed by atoms with van der Waals surface area (Å²) in [6, 6.07) is 0. The molecule has 1 aliphatic heterocycles. The van der Waals surface area contributed by atoms with Gasteiger partial charge in [0.1, 0.15) is 6.79 Å². The standard InChI is InChI=1S/C11H20O2/c1-2-4-6-8-11-10(7-5-3-1)12-9-13-11/h10-11H,1-9H2/t10-,11+. The lowest BCUT2D eigenvalue weighted by molar-refractivity contribution is 0.0362. The minimum absolute atomic E-state index is 0.415. The van der Waals surface area contributed by atoms with Crippen molar-refractivity contribution in [3.8, 4) is 0 Å². The molecular weight excluding hydrogens is 164 g/mol. The summed E-state index contributed by atoms with van der Waals surface area (Å²) in [5, 5.41) is 0. The van der Waals surface area contributed by atoms with Crippen molar-refractivity contribution in [1.29, 1.82) is 0 Å². The summed E-state index contributed by atoms with van der Waals surface area (Å²) in [6.07, 6.45) is 11.5. The molecule has 2 nitrogen and oxygen atoms in total. The highest BCUT2D eigenvalue weighted by molar-refractivity contribution is 4.75. The fourth-order valence-electron chi connectivity index (χ4n) is 2.37. The third-order valence-electron chi connectivity index (χ3n) is 3.21. The molecule has 0 amide bonds. The van der Waals surface area contributed by atoms with E-state index >= 15 is 0 Å². The van der Waals surface area contributed by atoms with E-state index in [0.717, 1.165) is 0 Å². The molecule has 1 heterocycles. The van der Waals surface area contributed by atoms with E-state index in [9.17, 15) is 0 Å². The van der Waals surface area contributed by atoms with E-state index in [4.69, 9.17) is 9.47 Å². The third kappa shape index (κ3) is 2.68. The van der Waals surface area contributed by atoms with Crippen LogP contribution in [0.1, 0.15) is 51.4 Å². The molecule has 0 aromatic carbocycles. The molecule has 0 spiro atoms. The van der Waals surface area contributed by atoms with Crippen molar-refractivity contribution in [3.63, 3.8) is 0 Å². The fraction of sp³-hybridized carbons (Fsp3) is 1.00. The first-order chi connectivity index (χ1) is 6.47. The van der Waals surface area contributed by atoms with Gasteiger partial charge in [-0.05, 0) is 12.8 Å². The van der Waals surface area contributed by atoms with Crippen molar-refractivity contribution in [2.45, 2.75) is 63.6 Å². The third-order valence-corrected chi connectivity index (χ3v) is 3.21. The molecule has 0 aromatic rings. The smallest absolute Gasteiger partial charge is 0.147 e. The van der Waals surface area contributed by atoms with Crippen molar-refractivity contribution < 1.29 is 9.47 Å². The molecule has 0 bridgehead atoms. The Balaban J connectivity index is 1.82. The second-order valence-corrected chi connectivity index (χ2v) is 4.23. The van der Waals surface area contributed by atoms with Crippen LogP contribution in [0.2, 0.25) is 0 Å². The summed E-state index contributed by atoms with van der Waals surface area (Å²) in [5.41, 5.74) is 0. The second kappa shape index (κ2) is 4.97. The summed E-state index contributed by atoms with van der Waals surface area (Å²) in [5.74, 6) is 0. The maximum Gasteiger partial charge on any atom is 0.147 e. The summed E-state index contributed by atoms with van der Waals surface area (Å²) in [7, 11) is 0. The molecular formula is C11H20O2. The molecule has 0 aromatic heterocycles. The number of fused-ring (bicyclic) bond motifs is 1. The van der Waals surface area contributed by atoms with E-state index in [1.807, 2.05) is 0 Å². The summed E-state index contributed by atoms with van der Waals surface area (Å²) >= 11 is 0. The first kappa shape index (κ1) is 9.47. The molecule has 0 N–H and O–H groups in total. The van der Waals surface area contributed by atoms with Gasteiger partial charge in [-0.25, -0.2) is 0 Å². The maximum atomic E-state index is 5.57. The molecule has 2 heteroatoms. The average Bonchev–Trinajstić information content (AvgIpc) is 2.59. The molecule has 13 heavy (non-hydrogen) atoms. The topological polar surface area (TPSA) is 18.5 Å². The predicted molar refractivity (Wildman–Crippen MR) is 51.5 cm³/mol. The Hall–Kier alpha value is -0.0800. The van der Waals surface area contributed by atoms with E-state index in [1.54, 1.807) is 0 Å². The highest BCUT2D eigenvalue weighted by Gasteiger charge is 2.28. The zero-order chi connectivity index (χ0) is 8.93. The number of hydrogen-bond acceptors (Lipinski definition) is 2. The van der Waals surface area contributed by atoms with Crippen molar-refractivity contribution in [1.82, 2.24) is 0 Å². The molecule has 0 unspecified atom stereocenters. The van der Waals surface area contributed by atoms with E-state index in [-0.39, 0.29) is 0 Å². The van der Waals surface area contributed by atoms with Gasteiger partial charge in [-0.3, -0.25) is 0 Å². The number of hydrogen-bond donors (Lipinski definition) is 0. The summed E-state index contributed by atoms with van der Waals surface area (Å²) in [4.78, 5) is 0. The first-order valence-corrected chi connectivity index (χ1v) is 5.70. The molecule has 2 rings (SSSR count). The van der Waals surface area contributed by atoms with Crippen LogP contribution in [-0.2, 0) is 9.47 Å². The van der Waals surface area contributed by atoms with Gasteiger partial charge in [-0.2, -0.15) is 0 Å². The monoisotopic (exact) mass is 184 g/mol. The maximum absolute atomic E-state index is 5.57. The van der Waals surface area contributed by atoms with Crippen LogP contribution in [0.25, 0.3) is 0 Å². The highest BCUT2D eigenvalue weighted by Crippen LogP contribution is 2.25. The van der Waals surface area contributed by atoms with Gasteiger partial charge < -0.3 is 9.47 Å². The second-order valence-electron chi connectivity index (χ2n) is 4.23. The zero-order valence-corrected chi connectivity index (χ0v) is 8.34. The number of rotatable bonds is 0. The van der Waals surface area contributed by atoms with Crippen LogP contribution in [0.15, 0.2) is 0 Å². The van der Waals surface area contributed by atoms with Crippen LogP contribution in [-0.4, -0.2) is 19.0 Å². The van der Waals surface area contributed by atoms with Crippen molar-refractivity contribution in [3.05, 3.63) is 0 Å². The minimum Gasteiger partial charge on any atom is -0.349 e. The van der Waals surface area contributed by atoms with Gasteiger partial charge in [0.25, 0.3) is 0 Å². The SMILES string of the molecule is C1CCCC[C@H]2OCO[C@H]2CCC1. The Morgan fingerprint density at radius 2 is 1.08 bits per heavy atom. The van der Waals surface area contributed by atoms with Gasteiger partial charge in [0.2, 0.25) is 0 Å². The molecule has 0 radical (unpaired) electrons. The highest BCUT2D eigenvalue weighted by atomic mass is 16.7. The molecule has 1 saturated heterocycles. The fourth-order valence-corrected chi connectivity index (χ4v) is 2.37. The van der Waals surface area contributed by atoms with Crippen LogP contribution < -0.4 is 0 Å². The molecule has 1 saturated carbocycles. The van der Waals surface area contributed by atoms with Crippen molar-refractivity contribution >= 4 is 0 Å². The van der Waals surface area contributed by atoms with E-state index in [1.165, 1.54) is 51.4 Å². The molecule has 76 valence electrons. The average molecular weight is 184 g/mol. The van der Waals surface area contributed by atoms with E-state index in [0.29, 0.717) is 19.0 Å². The molecule has 1 aliphatic carbocycles. The Morgan fingerprint density at radius 1 is 0.615 bits per heavy atom. The first-order valence-electron chi connectivity index (χ1n) is 5.70. The normalized spacial score (nSPS) is 36.9. The van der Waals surface area contributed by atoms with Gasteiger partial charge in [-0.1, -0.05) is 38.5 Å². The Morgan fingerprint density at radius 3 is 1.62 bits per heavy atom. The predicted octanol–water partition coefficient (Wildman–Crippen LogP) is 2.86. The Bertz CT molecular complexity index is 131. The van der Waals surface area contributed by atoms with E-state index < -0.39 is 0 Å². The van der Waals surface area contributed by atoms with E-state index in [2.05, 4.69) is 0 Å². The van der Waals surface area contributed by atoms with Crippen LogP contribution in [0.3, 0.4) is 0 Å². The molecule has 2 aliphatic rings. The Labute approximate surface area is 80.6 Å². The van der Waals surface area contributed by atoms with Gasteiger partial charge in [0, 0.05) is 0 Å². The zero-order valence-electron chi connectivity index (χ0n) is 8.34.